The van der Waals surface area contributed by atoms with E-state index in [-0.39, 0.29) is 18.2 Å². The molecule has 0 aliphatic rings. The predicted octanol–water partition coefficient (Wildman–Crippen LogP) is 10.00. The second-order valence-electron chi connectivity index (χ2n) is 9.66. The standard InChI is InChI=1S/C22H17F21O2/c1-8(2)44-10-5-6-11(12(7-10)45-9(3)4)13(23,24)14(25,26)15(27,28)16(29,30)17(31,32)18(33,34)19(35,36)20(37,38)21(39,40)22(41,42)43/h5-9H,1-4H3. The van der Waals surface area contributed by atoms with Gasteiger partial charge in [-0.2, -0.15) is 92.2 Å². The van der Waals surface area contributed by atoms with Crippen LogP contribution in [0.3, 0.4) is 0 Å². The Hall–Kier alpha value is -2.65. The number of ether oxygens (including phenoxy) is 2. The van der Waals surface area contributed by atoms with Crippen LogP contribution < -0.4 is 9.47 Å². The molecule has 1 rings (SSSR count). The Bertz CT molecular complexity index is 1200. The molecule has 0 radical (unpaired) electrons. The van der Waals surface area contributed by atoms with Crippen molar-refractivity contribution in [1.82, 2.24) is 0 Å². The van der Waals surface area contributed by atoms with Crippen LogP contribution in [0.25, 0.3) is 0 Å². The third-order valence-electron chi connectivity index (χ3n) is 5.54. The van der Waals surface area contributed by atoms with Crippen LogP contribution in [0.1, 0.15) is 33.3 Å². The zero-order valence-corrected chi connectivity index (χ0v) is 22.1. The summed E-state index contributed by atoms with van der Waals surface area (Å²) in [6, 6.07) is 0.231. The molecule has 45 heavy (non-hydrogen) atoms. The summed E-state index contributed by atoms with van der Waals surface area (Å²) in [5, 5.41) is 0. The quantitative estimate of drug-likeness (QED) is 0.190. The third kappa shape index (κ3) is 5.77. The molecule has 0 bridgehead atoms. The van der Waals surface area contributed by atoms with Crippen LogP contribution in [0.4, 0.5) is 92.2 Å². The number of hydrogen-bond donors (Lipinski definition) is 0. The molecule has 0 atom stereocenters. The van der Waals surface area contributed by atoms with Crippen molar-refractivity contribution in [3.63, 3.8) is 0 Å². The molecule has 264 valence electrons. The predicted molar refractivity (Wildman–Crippen MR) is 107 cm³/mol. The van der Waals surface area contributed by atoms with Gasteiger partial charge in [0, 0.05) is 6.07 Å². The maximum absolute atomic E-state index is 14.9. The average Bonchev–Trinajstić information content (AvgIpc) is 2.81. The van der Waals surface area contributed by atoms with Crippen molar-refractivity contribution in [2.75, 3.05) is 0 Å². The highest BCUT2D eigenvalue weighted by atomic mass is 19.4. The van der Waals surface area contributed by atoms with Crippen molar-refractivity contribution in [3.8, 4) is 11.5 Å². The summed E-state index contributed by atoms with van der Waals surface area (Å²) in [4.78, 5) is 0. The molecule has 0 saturated carbocycles. The molecular weight excluding hydrogens is 695 g/mol. The molecule has 0 N–H and O–H groups in total. The molecule has 0 fully saturated rings. The Morgan fingerprint density at radius 3 is 1.04 bits per heavy atom. The van der Waals surface area contributed by atoms with Crippen molar-refractivity contribution >= 4 is 0 Å². The van der Waals surface area contributed by atoms with E-state index in [1.165, 1.54) is 13.8 Å². The molecule has 0 aliphatic carbocycles. The Morgan fingerprint density at radius 1 is 0.422 bits per heavy atom. The lowest BCUT2D eigenvalue weighted by Gasteiger charge is -2.44. The second-order valence-corrected chi connectivity index (χ2v) is 9.66. The minimum Gasteiger partial charge on any atom is -0.491 e. The van der Waals surface area contributed by atoms with E-state index in [1.54, 1.807) is 0 Å². The summed E-state index contributed by atoms with van der Waals surface area (Å²) >= 11 is 0. The van der Waals surface area contributed by atoms with Gasteiger partial charge in [-0.05, 0) is 39.8 Å². The Balaban J connectivity index is 3.93. The van der Waals surface area contributed by atoms with Crippen LogP contribution in [-0.2, 0) is 5.92 Å². The van der Waals surface area contributed by atoms with Gasteiger partial charge < -0.3 is 9.47 Å². The first-order chi connectivity index (χ1) is 19.4. The van der Waals surface area contributed by atoms with Gasteiger partial charge in [-0.25, -0.2) is 0 Å². The average molecular weight is 712 g/mol. The van der Waals surface area contributed by atoms with E-state index in [1.807, 2.05) is 0 Å². The van der Waals surface area contributed by atoms with Crippen molar-refractivity contribution in [3.05, 3.63) is 23.8 Å². The fourth-order valence-corrected chi connectivity index (χ4v) is 3.19. The highest BCUT2D eigenvalue weighted by Crippen LogP contribution is 2.67. The highest BCUT2D eigenvalue weighted by molar-refractivity contribution is 5.45. The summed E-state index contributed by atoms with van der Waals surface area (Å²) < 4.78 is 297. The lowest BCUT2D eigenvalue weighted by molar-refractivity contribution is -0.474. The minimum atomic E-state index is -9.22. The first kappa shape index (κ1) is 40.4. The third-order valence-corrected chi connectivity index (χ3v) is 5.54. The lowest BCUT2D eigenvalue weighted by Crippen LogP contribution is -2.76. The van der Waals surface area contributed by atoms with E-state index >= 15 is 0 Å². The first-order valence-corrected chi connectivity index (χ1v) is 11.4. The van der Waals surface area contributed by atoms with E-state index in [0.29, 0.717) is 0 Å². The largest absolute Gasteiger partial charge is 0.491 e. The normalized spacial score (nSPS) is 15.6. The molecule has 0 heterocycles. The molecule has 0 saturated heterocycles. The maximum atomic E-state index is 14.9. The van der Waals surface area contributed by atoms with Crippen LogP contribution in [0.2, 0.25) is 0 Å². The van der Waals surface area contributed by atoms with Crippen molar-refractivity contribution in [1.29, 1.82) is 0 Å². The van der Waals surface area contributed by atoms with Crippen molar-refractivity contribution in [2.45, 2.75) is 99.4 Å². The van der Waals surface area contributed by atoms with Gasteiger partial charge in [0.15, 0.2) is 0 Å². The van der Waals surface area contributed by atoms with Crippen LogP contribution in [0.15, 0.2) is 18.2 Å². The summed E-state index contributed by atoms with van der Waals surface area (Å²) in [6.07, 6.45) is -10.2. The smallest absolute Gasteiger partial charge is 0.460 e. The van der Waals surface area contributed by atoms with E-state index in [2.05, 4.69) is 4.74 Å². The number of benzene rings is 1. The monoisotopic (exact) mass is 712 g/mol. The topological polar surface area (TPSA) is 18.5 Å². The molecule has 23 heteroatoms. The van der Waals surface area contributed by atoms with E-state index in [9.17, 15) is 92.2 Å². The molecular formula is C22H17F21O2. The fraction of sp³-hybridized carbons (Fsp3) is 0.727. The van der Waals surface area contributed by atoms with Crippen LogP contribution >= 0.6 is 0 Å². The number of halogens is 21. The Morgan fingerprint density at radius 2 is 0.733 bits per heavy atom. The maximum Gasteiger partial charge on any atom is 0.460 e. The Kier molecular flexibility index (Phi) is 10.1. The molecule has 0 aromatic heterocycles. The van der Waals surface area contributed by atoms with Crippen LogP contribution in [0.5, 0.6) is 11.5 Å². The number of hydrogen-bond acceptors (Lipinski definition) is 2. The van der Waals surface area contributed by atoms with E-state index in [4.69, 9.17) is 4.74 Å². The van der Waals surface area contributed by atoms with Crippen molar-refractivity contribution in [2.24, 2.45) is 0 Å². The zero-order valence-electron chi connectivity index (χ0n) is 22.1. The van der Waals surface area contributed by atoms with Crippen LogP contribution in [0, 0.1) is 0 Å². The SMILES string of the molecule is CC(C)Oc1ccc(C(F)(F)C(F)(F)C(F)(F)C(F)(F)C(F)(F)C(F)(F)C(F)(F)C(F)(F)C(F)(F)C(F)(F)F)c(OC(C)C)c1. The molecule has 0 spiro atoms. The van der Waals surface area contributed by atoms with Crippen molar-refractivity contribution < 1.29 is 102 Å². The van der Waals surface area contributed by atoms with Crippen LogP contribution in [-0.4, -0.2) is 65.8 Å². The zero-order chi connectivity index (χ0) is 36.4. The van der Waals surface area contributed by atoms with Gasteiger partial charge in [-0.15, -0.1) is 0 Å². The molecule has 0 amide bonds. The van der Waals surface area contributed by atoms with Gasteiger partial charge in [-0.3, -0.25) is 0 Å². The van der Waals surface area contributed by atoms with Gasteiger partial charge in [0.2, 0.25) is 0 Å². The van der Waals surface area contributed by atoms with Gasteiger partial charge in [0.05, 0.1) is 17.8 Å². The fourth-order valence-electron chi connectivity index (χ4n) is 3.19. The van der Waals surface area contributed by atoms with E-state index in [0.717, 1.165) is 13.8 Å². The van der Waals surface area contributed by atoms with E-state index < -0.39 is 88.7 Å². The molecule has 0 aliphatic heterocycles. The molecule has 1 aromatic rings. The van der Waals surface area contributed by atoms with Gasteiger partial charge in [0.25, 0.3) is 0 Å². The molecule has 0 unspecified atom stereocenters. The summed E-state index contributed by atoms with van der Waals surface area (Å²) in [7, 11) is 0. The number of alkyl halides is 21. The second kappa shape index (κ2) is 11.3. The summed E-state index contributed by atoms with van der Waals surface area (Å²) in [5.41, 5.74) is -2.58. The minimum absolute atomic E-state index is 0.252. The van der Waals surface area contributed by atoms with Gasteiger partial charge >= 0.3 is 59.5 Å². The highest BCUT2D eigenvalue weighted by Gasteiger charge is 2.98. The summed E-state index contributed by atoms with van der Waals surface area (Å²) in [5.74, 6) is -80.0. The first-order valence-electron chi connectivity index (χ1n) is 11.4. The Labute approximate surface area is 237 Å². The van der Waals surface area contributed by atoms with Gasteiger partial charge in [0.1, 0.15) is 11.5 Å². The molecule has 1 aromatic carbocycles. The molecule has 2 nitrogen and oxygen atoms in total. The lowest BCUT2D eigenvalue weighted by atomic mass is 9.85. The van der Waals surface area contributed by atoms with Gasteiger partial charge in [-0.1, -0.05) is 0 Å². The summed E-state index contributed by atoms with van der Waals surface area (Å²) in [6.45, 7) is 4.53. The number of rotatable bonds is 13.